The number of hydrogen-bond donors (Lipinski definition) is 1. The molecule has 0 unspecified atom stereocenters. The van der Waals surface area contributed by atoms with E-state index in [2.05, 4.69) is 6.58 Å². The molecule has 0 aromatic heterocycles. The van der Waals surface area contributed by atoms with Crippen molar-refractivity contribution in [2.75, 3.05) is 6.01 Å². The van der Waals surface area contributed by atoms with Crippen LogP contribution in [-0.4, -0.2) is 51.5 Å². The second kappa shape index (κ2) is 11.4. The normalized spacial score (nSPS) is 41.9. The number of thioether (sulfide) groups is 1. The summed E-state index contributed by atoms with van der Waals surface area (Å²) in [7, 11) is 0. The maximum Gasteiger partial charge on any atom is 0.306 e. The predicted molar refractivity (Wildman–Crippen MR) is 148 cm³/mol. The lowest BCUT2D eigenvalue weighted by molar-refractivity contribution is -0.228. The van der Waals surface area contributed by atoms with Crippen molar-refractivity contribution in [2.45, 2.75) is 102 Å². The number of aliphatic hydroxyl groups is 1. The molecule has 9 atom stereocenters. The average molecular weight is 583 g/mol. The van der Waals surface area contributed by atoms with E-state index in [-0.39, 0.29) is 31.3 Å². The molecule has 0 aromatic carbocycles. The van der Waals surface area contributed by atoms with Crippen LogP contribution in [-0.2, 0) is 19.1 Å². The van der Waals surface area contributed by atoms with Crippen molar-refractivity contribution in [1.82, 2.24) is 0 Å². The second-order valence-electron chi connectivity index (χ2n) is 12.5. The maximum absolute atomic E-state index is 17.4. The Kier molecular flexibility index (Phi) is 8.88. The molecule has 4 aliphatic carbocycles. The highest BCUT2D eigenvalue weighted by Gasteiger charge is 2.78. The number of unbranched alkanes of at least 4 members (excludes halogenated alkanes) is 4. The van der Waals surface area contributed by atoms with Crippen molar-refractivity contribution >= 4 is 28.6 Å². The molecule has 40 heavy (non-hydrogen) atoms. The zero-order valence-corrected chi connectivity index (χ0v) is 24.4. The monoisotopic (exact) mass is 582 g/mol. The molecule has 0 saturated heterocycles. The molecule has 3 saturated carbocycles. The van der Waals surface area contributed by atoms with Crippen LogP contribution in [0.1, 0.15) is 78.6 Å². The average Bonchev–Trinajstić information content (AvgIpc) is 3.11. The van der Waals surface area contributed by atoms with Crippen molar-refractivity contribution in [1.29, 1.82) is 0 Å². The Morgan fingerprint density at radius 3 is 2.58 bits per heavy atom. The molecule has 4 rings (SSSR count). The number of fused-ring (bicyclic) bond motifs is 5. The summed E-state index contributed by atoms with van der Waals surface area (Å²) in [5, 5.41) is 10.9. The fraction of sp³-hybridized carbons (Fsp3) is 0.710. The van der Waals surface area contributed by atoms with E-state index < -0.39 is 75.0 Å². The minimum Gasteiger partial charge on any atom is -0.449 e. The summed E-state index contributed by atoms with van der Waals surface area (Å²) in [5.41, 5.74) is -6.90. The molecule has 0 radical (unpaired) electrons. The highest BCUT2D eigenvalue weighted by atomic mass is 32.2. The number of rotatable bonds is 10. The molecule has 0 spiro atoms. The van der Waals surface area contributed by atoms with Crippen LogP contribution in [0.5, 0.6) is 0 Å². The van der Waals surface area contributed by atoms with Gasteiger partial charge in [0.05, 0.1) is 6.10 Å². The Labute approximate surface area is 239 Å². The quantitative estimate of drug-likeness (QED) is 0.179. The van der Waals surface area contributed by atoms with Gasteiger partial charge in [-0.25, -0.2) is 13.2 Å². The Hall–Kier alpha value is -1.87. The topological polar surface area (TPSA) is 80.7 Å². The van der Waals surface area contributed by atoms with Gasteiger partial charge < -0.3 is 9.84 Å². The molecule has 0 aromatic rings. The van der Waals surface area contributed by atoms with Gasteiger partial charge in [0, 0.05) is 29.1 Å². The van der Waals surface area contributed by atoms with Crippen LogP contribution in [0.4, 0.5) is 13.2 Å². The van der Waals surface area contributed by atoms with Gasteiger partial charge in [-0.2, -0.15) is 0 Å². The summed E-state index contributed by atoms with van der Waals surface area (Å²) in [6, 6.07) is -1.02. The Balaban J connectivity index is 1.69. The van der Waals surface area contributed by atoms with Crippen molar-refractivity contribution < 1.29 is 37.4 Å². The third-order valence-corrected chi connectivity index (χ3v) is 11.1. The Bertz CT molecular complexity index is 1110. The number of alkyl halides is 3. The van der Waals surface area contributed by atoms with Gasteiger partial charge in [0.25, 0.3) is 0 Å². The van der Waals surface area contributed by atoms with E-state index in [0.717, 1.165) is 31.8 Å². The van der Waals surface area contributed by atoms with Crippen LogP contribution in [0, 0.1) is 28.6 Å². The molecule has 0 amide bonds. The highest BCUT2D eigenvalue weighted by molar-refractivity contribution is 8.13. The van der Waals surface area contributed by atoms with Crippen molar-refractivity contribution in [3.63, 3.8) is 0 Å². The molecule has 0 bridgehead atoms. The zero-order chi connectivity index (χ0) is 29.5. The van der Waals surface area contributed by atoms with Gasteiger partial charge in [0.15, 0.2) is 17.1 Å². The van der Waals surface area contributed by atoms with E-state index in [4.69, 9.17) is 4.74 Å². The molecule has 1 N–H and O–H groups in total. The molecular formula is C31H41F3O5S. The summed E-state index contributed by atoms with van der Waals surface area (Å²) in [4.78, 5) is 38.9. The number of aliphatic hydroxyl groups excluding tert-OH is 1. The largest absolute Gasteiger partial charge is 0.449 e. The number of hydrogen-bond acceptors (Lipinski definition) is 6. The Morgan fingerprint density at radius 1 is 1.20 bits per heavy atom. The van der Waals surface area contributed by atoms with Crippen molar-refractivity contribution in [3.8, 4) is 0 Å². The maximum atomic E-state index is 17.4. The van der Waals surface area contributed by atoms with E-state index in [0.29, 0.717) is 18.2 Å². The first-order valence-electron chi connectivity index (χ1n) is 14.4. The van der Waals surface area contributed by atoms with E-state index in [1.54, 1.807) is 13.8 Å². The zero-order valence-electron chi connectivity index (χ0n) is 23.6. The SMILES string of the molecule is C=CCCCCCCC(=O)O[C@]1(C(=O)SCF)[C@H](C)C[C@H]2[C@@H]3C[C@H](F)C4=CC(=O)C=C[C@]4(C)[C@@]3(F)[C@@H](O)C[C@@]21C. The first kappa shape index (κ1) is 31.1. The first-order chi connectivity index (χ1) is 18.8. The standard InChI is InChI=1S/C31H41F3O5S/c1-5-6-7-8-9-10-11-26(37)39-31(27(38)40-18-32)19(2)14-21-22-16-24(33)23-15-20(35)12-13-28(23,3)30(22,34)25(36)17-29(21,31)4/h5,12-13,15,19,21-22,24-25,36H,1,6-11,14,16-18H2,2-4H3/t19-,21+,22+,24+,25+,28+,29+,30+,31+/m1/s1. The summed E-state index contributed by atoms with van der Waals surface area (Å²) in [6.07, 6.45) is 6.23. The van der Waals surface area contributed by atoms with E-state index in [9.17, 15) is 23.9 Å². The van der Waals surface area contributed by atoms with Gasteiger partial charge in [0.2, 0.25) is 5.12 Å². The summed E-state index contributed by atoms with van der Waals surface area (Å²) in [5.74, 6) is -3.27. The van der Waals surface area contributed by atoms with Gasteiger partial charge in [-0.1, -0.05) is 38.8 Å². The predicted octanol–water partition coefficient (Wildman–Crippen LogP) is 6.55. The van der Waals surface area contributed by atoms with Crippen LogP contribution in [0.3, 0.4) is 0 Å². The van der Waals surface area contributed by atoms with E-state index in [1.807, 2.05) is 6.08 Å². The molecule has 0 aliphatic heterocycles. The van der Waals surface area contributed by atoms with Crippen LogP contribution in [0.15, 0.2) is 36.5 Å². The van der Waals surface area contributed by atoms with Crippen LogP contribution in [0.2, 0.25) is 0 Å². The summed E-state index contributed by atoms with van der Waals surface area (Å²) < 4.78 is 52.8. The molecular weight excluding hydrogens is 541 g/mol. The molecule has 222 valence electrons. The van der Waals surface area contributed by atoms with Crippen molar-refractivity contribution in [3.05, 3.63) is 36.5 Å². The first-order valence-corrected chi connectivity index (χ1v) is 15.3. The lowest BCUT2D eigenvalue weighted by Gasteiger charge is -2.63. The van der Waals surface area contributed by atoms with Gasteiger partial charge in [0.1, 0.15) is 12.2 Å². The third-order valence-electron chi connectivity index (χ3n) is 10.5. The summed E-state index contributed by atoms with van der Waals surface area (Å²) >= 11 is 0.413. The van der Waals surface area contributed by atoms with Crippen LogP contribution >= 0.6 is 11.8 Å². The number of esters is 1. The third kappa shape index (κ3) is 4.54. The number of ketones is 1. The Morgan fingerprint density at radius 2 is 1.90 bits per heavy atom. The minimum absolute atomic E-state index is 0.0160. The smallest absolute Gasteiger partial charge is 0.306 e. The number of ether oxygens (including phenoxy) is 1. The number of carbonyl (C=O) groups is 3. The van der Waals surface area contributed by atoms with Crippen LogP contribution in [0.25, 0.3) is 0 Å². The molecule has 5 nitrogen and oxygen atoms in total. The number of allylic oxidation sites excluding steroid dienone is 5. The summed E-state index contributed by atoms with van der Waals surface area (Å²) in [6.45, 7) is 8.64. The minimum atomic E-state index is -2.32. The van der Waals surface area contributed by atoms with E-state index in [1.165, 1.54) is 19.1 Å². The van der Waals surface area contributed by atoms with Gasteiger partial charge >= 0.3 is 5.97 Å². The molecule has 9 heteroatoms. The molecule has 3 fully saturated rings. The fourth-order valence-electron chi connectivity index (χ4n) is 8.52. The van der Waals surface area contributed by atoms with Crippen molar-refractivity contribution in [2.24, 2.45) is 28.6 Å². The van der Waals surface area contributed by atoms with Gasteiger partial charge in [-0.3, -0.25) is 14.4 Å². The lowest BCUT2D eigenvalue weighted by atomic mass is 9.44. The highest BCUT2D eigenvalue weighted by Crippen LogP contribution is 2.72. The number of carbonyl (C=O) groups excluding carboxylic acids is 3. The lowest BCUT2D eigenvalue weighted by Crippen LogP contribution is -2.70. The van der Waals surface area contributed by atoms with Gasteiger partial charge in [-0.15, -0.1) is 6.58 Å². The second-order valence-corrected chi connectivity index (χ2v) is 13.4. The molecule has 4 aliphatic rings. The van der Waals surface area contributed by atoms with E-state index >= 15 is 8.78 Å². The molecule has 0 heterocycles. The van der Waals surface area contributed by atoms with Gasteiger partial charge in [-0.05, 0) is 80.9 Å². The number of halogens is 3. The van der Waals surface area contributed by atoms with Crippen LogP contribution < -0.4 is 0 Å². The fourth-order valence-corrected chi connectivity index (χ4v) is 9.31.